The predicted molar refractivity (Wildman–Crippen MR) is 117 cm³/mol. The molecule has 0 fully saturated rings. The first-order valence-corrected chi connectivity index (χ1v) is 10.7. The Morgan fingerprint density at radius 1 is 0.846 bits per heavy atom. The summed E-state index contributed by atoms with van der Waals surface area (Å²) in [4.78, 5) is 12.5. The fraction of sp³-hybridized carbons (Fsp3) is 0.240. The normalized spacial score (nSPS) is 13.6. The fourth-order valence-electron chi connectivity index (χ4n) is 3.72. The molecule has 3 aromatic carbocycles. The Morgan fingerprint density at radius 3 is 2.05 bits per heavy atom. The Kier molecular flexibility index (Phi) is 8.36. The highest BCUT2D eigenvalue weighted by Gasteiger charge is 2.45. The van der Waals surface area contributed by atoms with Crippen molar-refractivity contribution >= 4 is 11.7 Å². The van der Waals surface area contributed by atoms with Crippen LogP contribution in [0.3, 0.4) is 0 Å². The molecular weight excluding hydrogens is 552 g/mol. The van der Waals surface area contributed by atoms with Crippen LogP contribution < -0.4 is 10.1 Å². The number of ether oxygens (including phenoxy) is 2. The van der Waals surface area contributed by atoms with Gasteiger partial charge in [0.1, 0.15) is 23.2 Å². The van der Waals surface area contributed by atoms with E-state index < -0.39 is 76.7 Å². The molecule has 0 bridgehead atoms. The Labute approximate surface area is 214 Å². The number of methoxy groups -OCH3 is 1. The van der Waals surface area contributed by atoms with Crippen LogP contribution in [0.4, 0.5) is 49.6 Å². The lowest BCUT2D eigenvalue weighted by Gasteiger charge is -2.37. The number of hydrogen-bond acceptors (Lipinski definition) is 4. The fourth-order valence-corrected chi connectivity index (χ4v) is 3.72. The van der Waals surface area contributed by atoms with Gasteiger partial charge in [-0.1, -0.05) is 12.1 Å². The molecule has 0 aliphatic heterocycles. The lowest BCUT2D eigenvalue weighted by Crippen LogP contribution is -2.40. The molecule has 3 rings (SSSR count). The lowest BCUT2D eigenvalue weighted by molar-refractivity contribution is -0.253. The molecule has 0 heterocycles. The highest BCUT2D eigenvalue weighted by atomic mass is 19.4. The lowest BCUT2D eigenvalue weighted by atomic mass is 9.79. The number of halogens is 10. The third kappa shape index (κ3) is 6.73. The van der Waals surface area contributed by atoms with E-state index in [0.29, 0.717) is 30.3 Å². The summed E-state index contributed by atoms with van der Waals surface area (Å²) in [6.45, 7) is 0. The maximum Gasteiger partial charge on any atom is 0.461 e. The number of nitrogens with one attached hydrogen (secondary N) is 1. The van der Waals surface area contributed by atoms with Gasteiger partial charge in [-0.25, -0.2) is 13.2 Å². The molecular formula is C25H17F10NO3. The van der Waals surface area contributed by atoms with Crippen LogP contribution in [0.15, 0.2) is 60.7 Å². The number of hydrogen-bond donors (Lipinski definition) is 1. The molecule has 210 valence electrons. The van der Waals surface area contributed by atoms with Gasteiger partial charge in [0, 0.05) is 11.8 Å². The predicted octanol–water partition coefficient (Wildman–Crippen LogP) is 7.28. The van der Waals surface area contributed by atoms with Gasteiger partial charge in [0.25, 0.3) is 0 Å². The van der Waals surface area contributed by atoms with E-state index in [4.69, 9.17) is 0 Å². The Bertz CT molecular complexity index is 1330. The number of rotatable bonds is 9. The maximum atomic E-state index is 14.6. The molecule has 0 amide bonds. The van der Waals surface area contributed by atoms with Crippen molar-refractivity contribution in [2.45, 2.75) is 30.7 Å². The largest absolute Gasteiger partial charge is 0.469 e. The van der Waals surface area contributed by atoms with Crippen LogP contribution in [0, 0.1) is 17.5 Å². The third-order valence-corrected chi connectivity index (χ3v) is 5.48. The Morgan fingerprint density at radius 2 is 1.49 bits per heavy atom. The first-order chi connectivity index (χ1) is 18.1. The van der Waals surface area contributed by atoms with Crippen molar-refractivity contribution in [3.05, 3.63) is 94.8 Å². The van der Waals surface area contributed by atoms with E-state index in [1.807, 2.05) is 0 Å². The average Bonchev–Trinajstić information content (AvgIpc) is 2.83. The van der Waals surface area contributed by atoms with E-state index in [2.05, 4.69) is 14.8 Å². The molecule has 3 aromatic rings. The zero-order valence-corrected chi connectivity index (χ0v) is 19.6. The van der Waals surface area contributed by atoms with Crippen molar-refractivity contribution in [2.24, 2.45) is 0 Å². The zero-order valence-electron chi connectivity index (χ0n) is 19.6. The maximum absolute atomic E-state index is 14.6. The van der Waals surface area contributed by atoms with E-state index >= 15 is 0 Å². The number of anilines is 1. The van der Waals surface area contributed by atoms with Crippen molar-refractivity contribution in [3.8, 4) is 5.75 Å². The van der Waals surface area contributed by atoms with E-state index in [1.54, 1.807) is 0 Å². The summed E-state index contributed by atoms with van der Waals surface area (Å²) >= 11 is 0. The molecule has 0 aliphatic carbocycles. The molecule has 1 atom stereocenters. The summed E-state index contributed by atoms with van der Waals surface area (Å²) in [5.41, 5.74) is -5.08. The number of esters is 1. The Hall–Kier alpha value is -3.97. The van der Waals surface area contributed by atoms with Crippen LogP contribution in [0.25, 0.3) is 0 Å². The van der Waals surface area contributed by atoms with Gasteiger partial charge in [0.15, 0.2) is 0 Å². The van der Waals surface area contributed by atoms with Gasteiger partial charge >= 0.3 is 24.7 Å². The van der Waals surface area contributed by atoms with E-state index in [9.17, 15) is 48.7 Å². The van der Waals surface area contributed by atoms with Crippen LogP contribution >= 0.6 is 0 Å². The summed E-state index contributed by atoms with van der Waals surface area (Å²) < 4.78 is 144. The molecule has 0 aliphatic rings. The van der Waals surface area contributed by atoms with Crippen molar-refractivity contribution in [1.82, 2.24) is 0 Å². The van der Waals surface area contributed by atoms with E-state index in [1.165, 1.54) is 0 Å². The highest BCUT2D eigenvalue weighted by Crippen LogP contribution is 2.41. The molecule has 14 heteroatoms. The minimum atomic E-state index is -5.16. The van der Waals surface area contributed by atoms with Crippen molar-refractivity contribution in [2.75, 3.05) is 12.4 Å². The van der Waals surface area contributed by atoms with E-state index in [0.717, 1.165) is 37.4 Å². The van der Waals surface area contributed by atoms with Crippen molar-refractivity contribution in [1.29, 1.82) is 0 Å². The molecule has 0 saturated heterocycles. The number of carbonyl (C=O) groups excluding carboxylic acids is 1. The molecule has 0 unspecified atom stereocenters. The summed E-state index contributed by atoms with van der Waals surface area (Å²) in [6, 6.07) is 7.04. The van der Waals surface area contributed by atoms with Crippen LogP contribution in [-0.2, 0) is 21.2 Å². The number of carbonyl (C=O) groups is 1. The van der Waals surface area contributed by atoms with Gasteiger partial charge in [0.2, 0.25) is 0 Å². The van der Waals surface area contributed by atoms with Gasteiger partial charge in [-0.15, -0.1) is 0 Å². The second kappa shape index (κ2) is 11.0. The second-order valence-electron chi connectivity index (χ2n) is 8.12. The highest BCUT2D eigenvalue weighted by molar-refractivity contribution is 5.74. The Balaban J connectivity index is 2.31. The molecule has 39 heavy (non-hydrogen) atoms. The smallest absolute Gasteiger partial charge is 0.461 e. The average molecular weight is 569 g/mol. The van der Waals surface area contributed by atoms with Gasteiger partial charge in [0.05, 0.1) is 24.6 Å². The second-order valence-corrected chi connectivity index (χ2v) is 8.12. The molecule has 1 N–H and O–H groups in total. The van der Waals surface area contributed by atoms with Gasteiger partial charge in [-0.3, -0.25) is 4.79 Å². The summed E-state index contributed by atoms with van der Waals surface area (Å²) in [6.07, 6.45) is -15.4. The van der Waals surface area contributed by atoms with Crippen molar-refractivity contribution in [3.63, 3.8) is 0 Å². The van der Waals surface area contributed by atoms with Crippen LogP contribution in [0.1, 0.15) is 23.1 Å². The topological polar surface area (TPSA) is 47.6 Å². The van der Waals surface area contributed by atoms with Gasteiger partial charge in [-0.05, 0) is 53.6 Å². The quantitative estimate of drug-likeness (QED) is 0.218. The van der Waals surface area contributed by atoms with E-state index in [-0.39, 0.29) is 5.56 Å². The van der Waals surface area contributed by atoms with Crippen LogP contribution in [0.2, 0.25) is 0 Å². The first kappa shape index (κ1) is 29.6. The minimum absolute atomic E-state index is 0.135. The monoisotopic (exact) mass is 569 g/mol. The summed E-state index contributed by atoms with van der Waals surface area (Å²) in [5, 5.41) is 2.54. The molecule has 0 saturated carbocycles. The molecule has 0 radical (unpaired) electrons. The number of alkyl halides is 7. The van der Waals surface area contributed by atoms with Crippen LogP contribution in [-0.4, -0.2) is 25.6 Å². The molecule has 4 nitrogen and oxygen atoms in total. The van der Waals surface area contributed by atoms with Gasteiger partial charge < -0.3 is 14.8 Å². The molecule has 0 aromatic heterocycles. The minimum Gasteiger partial charge on any atom is -0.469 e. The van der Waals surface area contributed by atoms with Gasteiger partial charge in [-0.2, -0.15) is 30.7 Å². The SMILES string of the molecule is COC(=O)C[C@@](Nc1ccc(F)c(C(F)(F)F)c1)(c1ccc(F)cc1)c1cc(F)cc(OC(F)(F)C(F)F)c1. The first-order valence-electron chi connectivity index (χ1n) is 10.7. The standard InChI is InChI=1S/C25H17F10NO3/c1-38-21(37)12-23(13-2-4-15(26)5-3-13,36-17-6-7-20(28)19(11-17)24(31,32)33)14-8-16(27)10-18(9-14)39-25(34,35)22(29)30/h2-11,22,36H,12H2,1H3/t23-/m1/s1. The third-order valence-electron chi connectivity index (χ3n) is 5.48. The van der Waals surface area contributed by atoms with Crippen LogP contribution in [0.5, 0.6) is 5.75 Å². The number of benzene rings is 3. The summed E-state index contributed by atoms with van der Waals surface area (Å²) in [7, 11) is 0.931. The van der Waals surface area contributed by atoms with Crippen molar-refractivity contribution < 1.29 is 58.2 Å². The summed E-state index contributed by atoms with van der Waals surface area (Å²) in [5.74, 6) is -5.99. The molecule has 0 spiro atoms. The zero-order chi connectivity index (χ0) is 29.2.